The van der Waals surface area contributed by atoms with Crippen molar-refractivity contribution >= 4 is 33.4 Å². The summed E-state index contributed by atoms with van der Waals surface area (Å²) in [5.74, 6) is -0.341. The molecule has 11 heteroatoms. The molecule has 1 heterocycles. The predicted octanol–water partition coefficient (Wildman–Crippen LogP) is 4.74. The lowest BCUT2D eigenvalue weighted by Crippen LogP contribution is -2.52. The summed E-state index contributed by atoms with van der Waals surface area (Å²) in [6.07, 6.45) is 0.946. The van der Waals surface area contributed by atoms with Crippen LogP contribution in [0.1, 0.15) is 16.7 Å². The molecule has 2 amide bonds. The van der Waals surface area contributed by atoms with Crippen LogP contribution in [0.15, 0.2) is 114 Å². The number of hydrogen-bond acceptors (Lipinski definition) is 6. The Bertz CT molecular complexity index is 1700. The van der Waals surface area contributed by atoms with Crippen LogP contribution in [0.25, 0.3) is 0 Å². The summed E-state index contributed by atoms with van der Waals surface area (Å²) in [4.78, 5) is 29.4. The van der Waals surface area contributed by atoms with E-state index >= 15 is 0 Å². The molecule has 246 valence electrons. The van der Waals surface area contributed by atoms with Gasteiger partial charge in [0.15, 0.2) is 6.61 Å². The summed E-state index contributed by atoms with van der Waals surface area (Å²) in [5.41, 5.74) is 2.80. The van der Waals surface area contributed by atoms with Gasteiger partial charge >= 0.3 is 0 Å². The zero-order chi connectivity index (χ0) is 33.1. The Labute approximate surface area is 281 Å². The number of nitrogens with one attached hydrogen (secondary N) is 1. The van der Waals surface area contributed by atoms with Gasteiger partial charge in [-0.2, -0.15) is 4.31 Å². The molecule has 1 N–H and O–H groups in total. The van der Waals surface area contributed by atoms with Gasteiger partial charge in [0.1, 0.15) is 11.8 Å². The quantitative estimate of drug-likeness (QED) is 0.207. The van der Waals surface area contributed by atoms with E-state index in [1.165, 1.54) is 33.5 Å². The molecule has 9 nitrogen and oxygen atoms in total. The van der Waals surface area contributed by atoms with Crippen molar-refractivity contribution in [3.8, 4) is 5.75 Å². The third-order valence-corrected chi connectivity index (χ3v) is 10.1. The van der Waals surface area contributed by atoms with Crippen molar-refractivity contribution in [2.75, 3.05) is 39.5 Å². The Balaban J connectivity index is 1.33. The number of rotatable bonds is 14. The molecule has 0 aromatic heterocycles. The van der Waals surface area contributed by atoms with E-state index in [1.807, 2.05) is 72.8 Å². The highest BCUT2D eigenvalue weighted by Gasteiger charge is 2.31. The molecule has 0 bridgehead atoms. The lowest BCUT2D eigenvalue weighted by Gasteiger charge is -2.31. The normalized spacial score (nSPS) is 14.2. The van der Waals surface area contributed by atoms with Crippen LogP contribution >= 0.6 is 11.6 Å². The number of amides is 2. The fourth-order valence-corrected chi connectivity index (χ4v) is 6.84. The van der Waals surface area contributed by atoms with Crippen LogP contribution in [-0.4, -0.2) is 74.9 Å². The Hall–Kier alpha value is -4.22. The average Bonchev–Trinajstić information content (AvgIpc) is 3.11. The standard InChI is InChI=1S/C36H38ClN3O6S/c37-31-13-11-30(12-14-31)26-40(34(25-29-9-5-2-6-10-29)36(42)38-20-19-28-7-3-1-4-8-28)35(41)27-46-32-15-17-33(18-16-32)47(43,44)39-21-23-45-24-22-39/h1-18,34H,19-27H2,(H,38,42)/t34-/m1/s1. The number of carbonyl (C=O) groups excluding carboxylic acids is 2. The maximum Gasteiger partial charge on any atom is 0.261 e. The van der Waals surface area contributed by atoms with Crippen LogP contribution in [0.5, 0.6) is 5.75 Å². The fourth-order valence-electron chi connectivity index (χ4n) is 5.30. The maximum atomic E-state index is 13.9. The number of morpholine rings is 1. The van der Waals surface area contributed by atoms with Crippen molar-refractivity contribution in [3.05, 3.63) is 131 Å². The third kappa shape index (κ3) is 9.65. The lowest BCUT2D eigenvalue weighted by molar-refractivity contribution is -0.142. The van der Waals surface area contributed by atoms with E-state index < -0.39 is 22.0 Å². The van der Waals surface area contributed by atoms with Gasteiger partial charge in [-0.25, -0.2) is 8.42 Å². The SMILES string of the molecule is O=C(NCCc1ccccc1)[C@@H](Cc1ccccc1)N(Cc1ccc(Cl)cc1)C(=O)COc1ccc(S(=O)(=O)N2CCOCC2)cc1. The van der Waals surface area contributed by atoms with Crippen LogP contribution in [-0.2, 0) is 43.7 Å². The van der Waals surface area contributed by atoms with Crippen LogP contribution in [0.4, 0.5) is 0 Å². The molecule has 1 aliphatic rings. The van der Waals surface area contributed by atoms with Crippen molar-refractivity contribution in [1.82, 2.24) is 14.5 Å². The minimum absolute atomic E-state index is 0.137. The summed E-state index contributed by atoms with van der Waals surface area (Å²) in [6, 6.07) is 31.7. The molecule has 1 aliphatic heterocycles. The summed E-state index contributed by atoms with van der Waals surface area (Å²) in [6.45, 7) is 1.50. The van der Waals surface area contributed by atoms with E-state index in [-0.39, 0.29) is 24.0 Å². The molecule has 4 aromatic carbocycles. The minimum Gasteiger partial charge on any atom is -0.484 e. The highest BCUT2D eigenvalue weighted by Crippen LogP contribution is 2.22. The summed E-state index contributed by atoms with van der Waals surface area (Å²) in [7, 11) is -3.67. The zero-order valence-electron chi connectivity index (χ0n) is 26.0. The summed E-state index contributed by atoms with van der Waals surface area (Å²) < 4.78 is 38.6. The smallest absolute Gasteiger partial charge is 0.261 e. The molecule has 0 saturated carbocycles. The van der Waals surface area contributed by atoms with Crippen LogP contribution in [0.2, 0.25) is 5.02 Å². The Morgan fingerprint density at radius 1 is 0.830 bits per heavy atom. The first kappa shape index (κ1) is 34.1. The minimum atomic E-state index is -3.67. The first-order chi connectivity index (χ1) is 22.8. The van der Waals surface area contributed by atoms with Crippen molar-refractivity contribution in [3.63, 3.8) is 0 Å². The largest absolute Gasteiger partial charge is 0.484 e. The fraction of sp³-hybridized carbons (Fsp3) is 0.278. The second-order valence-corrected chi connectivity index (χ2v) is 13.5. The zero-order valence-corrected chi connectivity index (χ0v) is 27.5. The molecule has 47 heavy (non-hydrogen) atoms. The van der Waals surface area contributed by atoms with Crippen LogP contribution in [0.3, 0.4) is 0 Å². The molecule has 1 atom stereocenters. The number of hydrogen-bond donors (Lipinski definition) is 1. The van der Waals surface area contributed by atoms with Gasteiger partial charge in [0.2, 0.25) is 15.9 Å². The number of carbonyl (C=O) groups is 2. The molecule has 1 fully saturated rings. The molecular formula is C36H38ClN3O6S. The monoisotopic (exact) mass is 675 g/mol. The molecular weight excluding hydrogens is 638 g/mol. The Kier molecular flexibility index (Phi) is 12.0. The second kappa shape index (κ2) is 16.6. The van der Waals surface area contributed by atoms with Gasteiger partial charge in [-0.3, -0.25) is 9.59 Å². The van der Waals surface area contributed by atoms with E-state index in [4.69, 9.17) is 21.1 Å². The molecule has 0 spiro atoms. The highest BCUT2D eigenvalue weighted by atomic mass is 35.5. The molecule has 1 saturated heterocycles. The van der Waals surface area contributed by atoms with Crippen molar-refractivity contribution < 1.29 is 27.5 Å². The summed E-state index contributed by atoms with van der Waals surface area (Å²) in [5, 5.41) is 3.60. The Morgan fingerprint density at radius 2 is 1.45 bits per heavy atom. The van der Waals surface area contributed by atoms with Crippen molar-refractivity contribution in [2.45, 2.75) is 30.3 Å². The lowest BCUT2D eigenvalue weighted by atomic mass is 10.0. The van der Waals surface area contributed by atoms with Gasteiger partial charge in [0, 0.05) is 37.6 Å². The molecule has 5 rings (SSSR count). The van der Waals surface area contributed by atoms with E-state index in [2.05, 4.69) is 5.32 Å². The van der Waals surface area contributed by atoms with E-state index in [0.717, 1.165) is 16.7 Å². The molecule has 4 aromatic rings. The average molecular weight is 676 g/mol. The van der Waals surface area contributed by atoms with Crippen LogP contribution in [0, 0.1) is 0 Å². The maximum absolute atomic E-state index is 13.9. The van der Waals surface area contributed by atoms with Crippen LogP contribution < -0.4 is 10.1 Å². The van der Waals surface area contributed by atoms with Gasteiger partial charge in [-0.1, -0.05) is 84.4 Å². The number of halogens is 1. The first-order valence-corrected chi connectivity index (χ1v) is 17.3. The Morgan fingerprint density at radius 3 is 2.09 bits per heavy atom. The predicted molar refractivity (Wildman–Crippen MR) is 181 cm³/mol. The molecule has 0 aliphatic carbocycles. The topological polar surface area (TPSA) is 105 Å². The number of sulfonamides is 1. The van der Waals surface area contributed by atoms with E-state index in [9.17, 15) is 18.0 Å². The number of ether oxygens (including phenoxy) is 2. The molecule has 0 radical (unpaired) electrons. The third-order valence-electron chi connectivity index (χ3n) is 7.89. The van der Waals surface area contributed by atoms with Crippen molar-refractivity contribution in [2.24, 2.45) is 0 Å². The van der Waals surface area contributed by atoms with E-state index in [0.29, 0.717) is 56.5 Å². The highest BCUT2D eigenvalue weighted by molar-refractivity contribution is 7.89. The van der Waals surface area contributed by atoms with Gasteiger partial charge in [-0.05, 0) is 59.5 Å². The number of nitrogens with zero attached hydrogens (tertiary/aromatic N) is 2. The first-order valence-electron chi connectivity index (χ1n) is 15.5. The van der Waals surface area contributed by atoms with Gasteiger partial charge in [-0.15, -0.1) is 0 Å². The van der Waals surface area contributed by atoms with E-state index in [1.54, 1.807) is 12.1 Å². The van der Waals surface area contributed by atoms with Gasteiger partial charge in [0.05, 0.1) is 18.1 Å². The van der Waals surface area contributed by atoms with Gasteiger partial charge in [0.25, 0.3) is 5.91 Å². The second-order valence-electron chi connectivity index (χ2n) is 11.2. The van der Waals surface area contributed by atoms with Crippen molar-refractivity contribution in [1.29, 1.82) is 0 Å². The molecule has 0 unspecified atom stereocenters. The van der Waals surface area contributed by atoms with Gasteiger partial charge < -0.3 is 19.7 Å². The number of benzene rings is 4. The summed E-state index contributed by atoms with van der Waals surface area (Å²) >= 11 is 6.13.